The monoisotopic (exact) mass is 267 g/mol. The van der Waals surface area contributed by atoms with Gasteiger partial charge in [-0.2, -0.15) is 0 Å². The summed E-state index contributed by atoms with van der Waals surface area (Å²) in [6, 6.07) is 3.26. The van der Waals surface area contributed by atoms with Crippen molar-refractivity contribution in [1.29, 1.82) is 0 Å². The summed E-state index contributed by atoms with van der Waals surface area (Å²) in [5, 5.41) is 9.96. The van der Waals surface area contributed by atoms with Crippen LogP contribution in [-0.4, -0.2) is 44.7 Å². The number of carbonyl (C=O) groups is 1. The van der Waals surface area contributed by atoms with Crippen LogP contribution in [0.5, 0.6) is 17.2 Å². The fourth-order valence-electron chi connectivity index (χ4n) is 1.46. The summed E-state index contributed by atoms with van der Waals surface area (Å²) in [4.78, 5) is 15.0. The summed E-state index contributed by atoms with van der Waals surface area (Å²) >= 11 is 0. The van der Waals surface area contributed by atoms with Crippen LogP contribution in [0.4, 0.5) is 0 Å². The highest BCUT2D eigenvalue weighted by Crippen LogP contribution is 2.38. The maximum absolute atomic E-state index is 11.1. The molecule has 1 rings (SSSR count). The number of carbonyl (C=O) groups excluding carboxylic acids is 1. The second kappa shape index (κ2) is 7.25. The average molecular weight is 267 g/mol. The molecule has 6 nitrogen and oxygen atoms in total. The molecule has 6 heteroatoms. The largest absolute Gasteiger partial charge is 0.504 e. The molecule has 0 saturated carbocycles. The maximum Gasteiger partial charge on any atom is 0.327 e. The lowest BCUT2D eigenvalue weighted by Gasteiger charge is -2.10. The predicted molar refractivity (Wildman–Crippen MR) is 70.3 cm³/mol. The highest BCUT2D eigenvalue weighted by Gasteiger charge is 2.12. The standard InChI is InChI=1S/C13H17NO5/c1-4-19-11(15)8-14-7-9-5-6-10(17-2)13(18-3)12(9)16/h5-7,16H,4,8H2,1-3H3. The summed E-state index contributed by atoms with van der Waals surface area (Å²) in [5.41, 5.74) is 0.432. The summed E-state index contributed by atoms with van der Waals surface area (Å²) in [6.07, 6.45) is 1.38. The van der Waals surface area contributed by atoms with E-state index in [-0.39, 0.29) is 18.0 Å². The maximum atomic E-state index is 11.1. The molecule has 0 spiro atoms. The number of benzene rings is 1. The number of esters is 1. The van der Waals surface area contributed by atoms with Crippen molar-refractivity contribution in [3.8, 4) is 17.2 Å². The third-order valence-electron chi connectivity index (χ3n) is 2.31. The molecule has 1 N–H and O–H groups in total. The van der Waals surface area contributed by atoms with Gasteiger partial charge in [0.1, 0.15) is 6.54 Å². The van der Waals surface area contributed by atoms with Crippen LogP contribution < -0.4 is 9.47 Å². The van der Waals surface area contributed by atoms with Gasteiger partial charge >= 0.3 is 5.97 Å². The van der Waals surface area contributed by atoms with Crippen LogP contribution in [0.1, 0.15) is 12.5 Å². The number of ether oxygens (including phenoxy) is 3. The van der Waals surface area contributed by atoms with Gasteiger partial charge < -0.3 is 19.3 Å². The van der Waals surface area contributed by atoms with Crippen LogP contribution in [0.25, 0.3) is 0 Å². The fraction of sp³-hybridized carbons (Fsp3) is 0.385. The van der Waals surface area contributed by atoms with E-state index < -0.39 is 5.97 Å². The first-order chi connectivity index (χ1) is 9.13. The van der Waals surface area contributed by atoms with Gasteiger partial charge in [0.2, 0.25) is 5.75 Å². The first-order valence-corrected chi connectivity index (χ1v) is 5.73. The minimum Gasteiger partial charge on any atom is -0.504 e. The van der Waals surface area contributed by atoms with Crippen LogP contribution in [0.2, 0.25) is 0 Å². The first kappa shape index (κ1) is 14.8. The number of phenolic OH excluding ortho intramolecular Hbond substituents is 1. The highest BCUT2D eigenvalue weighted by molar-refractivity contribution is 5.87. The molecule has 0 aliphatic heterocycles. The summed E-state index contributed by atoms with van der Waals surface area (Å²) in [7, 11) is 2.91. The van der Waals surface area contributed by atoms with Gasteiger partial charge in [-0.3, -0.25) is 9.79 Å². The zero-order valence-corrected chi connectivity index (χ0v) is 11.2. The molecule has 0 unspecified atom stereocenters. The minimum atomic E-state index is -0.418. The van der Waals surface area contributed by atoms with E-state index in [2.05, 4.69) is 4.99 Å². The van der Waals surface area contributed by atoms with Gasteiger partial charge in [0.15, 0.2) is 11.5 Å². The Morgan fingerprint density at radius 2 is 2.11 bits per heavy atom. The number of methoxy groups -OCH3 is 2. The van der Waals surface area contributed by atoms with E-state index in [0.717, 1.165) is 0 Å². The van der Waals surface area contributed by atoms with Crippen LogP contribution >= 0.6 is 0 Å². The molecule has 19 heavy (non-hydrogen) atoms. The molecule has 0 aliphatic rings. The molecule has 0 saturated heterocycles. The molecular formula is C13H17NO5. The first-order valence-electron chi connectivity index (χ1n) is 5.73. The van der Waals surface area contributed by atoms with Gasteiger partial charge in [0, 0.05) is 11.8 Å². The molecule has 0 fully saturated rings. The van der Waals surface area contributed by atoms with Crippen molar-refractivity contribution in [2.75, 3.05) is 27.4 Å². The van der Waals surface area contributed by atoms with Crippen LogP contribution in [-0.2, 0) is 9.53 Å². The lowest BCUT2D eigenvalue weighted by atomic mass is 10.2. The zero-order chi connectivity index (χ0) is 14.3. The molecule has 1 aromatic rings. The van der Waals surface area contributed by atoms with Crippen molar-refractivity contribution in [2.45, 2.75) is 6.92 Å². The van der Waals surface area contributed by atoms with E-state index in [1.165, 1.54) is 20.4 Å². The number of phenols is 1. The van der Waals surface area contributed by atoms with Gasteiger partial charge in [-0.15, -0.1) is 0 Å². The quantitative estimate of drug-likeness (QED) is 0.622. The van der Waals surface area contributed by atoms with Gasteiger partial charge in [0.05, 0.1) is 20.8 Å². The Balaban J connectivity index is 2.85. The summed E-state index contributed by atoms with van der Waals surface area (Å²) in [6.45, 7) is 1.94. The van der Waals surface area contributed by atoms with E-state index >= 15 is 0 Å². The minimum absolute atomic E-state index is 0.0885. The Morgan fingerprint density at radius 1 is 1.37 bits per heavy atom. The van der Waals surface area contributed by atoms with Crippen molar-refractivity contribution in [3.05, 3.63) is 17.7 Å². The van der Waals surface area contributed by atoms with Crippen molar-refractivity contribution >= 4 is 12.2 Å². The third kappa shape index (κ3) is 3.87. The average Bonchev–Trinajstić information content (AvgIpc) is 2.40. The van der Waals surface area contributed by atoms with Crippen LogP contribution in [0, 0.1) is 0 Å². The molecule has 1 aromatic carbocycles. The van der Waals surface area contributed by atoms with Crippen molar-refractivity contribution in [2.24, 2.45) is 4.99 Å². The fourth-order valence-corrected chi connectivity index (χ4v) is 1.46. The number of hydrogen-bond acceptors (Lipinski definition) is 6. The lowest BCUT2D eigenvalue weighted by Crippen LogP contribution is -2.07. The van der Waals surface area contributed by atoms with Gasteiger partial charge in [-0.1, -0.05) is 0 Å². The van der Waals surface area contributed by atoms with E-state index in [0.29, 0.717) is 17.9 Å². The highest BCUT2D eigenvalue weighted by atomic mass is 16.5. The van der Waals surface area contributed by atoms with Crippen molar-refractivity contribution < 1.29 is 24.1 Å². The molecule has 0 atom stereocenters. The number of rotatable bonds is 6. The van der Waals surface area contributed by atoms with E-state index in [1.807, 2.05) is 0 Å². The number of aromatic hydroxyl groups is 1. The van der Waals surface area contributed by atoms with Gasteiger partial charge in [0.25, 0.3) is 0 Å². The molecular weight excluding hydrogens is 250 g/mol. The molecule has 0 aliphatic carbocycles. The van der Waals surface area contributed by atoms with E-state index in [1.54, 1.807) is 19.1 Å². The summed E-state index contributed by atoms with van der Waals surface area (Å²) in [5.74, 6) is 0.137. The van der Waals surface area contributed by atoms with Crippen LogP contribution in [0.15, 0.2) is 17.1 Å². The predicted octanol–water partition coefficient (Wildman–Crippen LogP) is 1.39. The lowest BCUT2D eigenvalue weighted by molar-refractivity contribution is -0.141. The number of hydrogen-bond donors (Lipinski definition) is 1. The molecule has 0 heterocycles. The van der Waals surface area contributed by atoms with Gasteiger partial charge in [-0.05, 0) is 19.1 Å². The molecule has 104 valence electrons. The molecule has 0 amide bonds. The number of nitrogens with zero attached hydrogens (tertiary/aromatic N) is 1. The molecule has 0 radical (unpaired) electrons. The Morgan fingerprint density at radius 3 is 2.68 bits per heavy atom. The van der Waals surface area contributed by atoms with Crippen molar-refractivity contribution in [3.63, 3.8) is 0 Å². The van der Waals surface area contributed by atoms with Gasteiger partial charge in [-0.25, -0.2) is 0 Å². The smallest absolute Gasteiger partial charge is 0.327 e. The number of aliphatic imine (C=N–C) groups is 1. The van der Waals surface area contributed by atoms with E-state index in [4.69, 9.17) is 14.2 Å². The Hall–Kier alpha value is -2.24. The topological polar surface area (TPSA) is 77.4 Å². The van der Waals surface area contributed by atoms with E-state index in [9.17, 15) is 9.90 Å². The Labute approximate surface area is 111 Å². The third-order valence-corrected chi connectivity index (χ3v) is 2.31. The second-order valence-corrected chi connectivity index (χ2v) is 3.51. The zero-order valence-electron chi connectivity index (χ0n) is 11.2. The Bertz CT molecular complexity index is 470. The summed E-state index contributed by atoms with van der Waals surface area (Å²) < 4.78 is 14.8. The molecule has 0 aromatic heterocycles. The van der Waals surface area contributed by atoms with Crippen molar-refractivity contribution in [1.82, 2.24) is 0 Å². The molecule has 0 bridgehead atoms. The second-order valence-electron chi connectivity index (χ2n) is 3.51. The van der Waals surface area contributed by atoms with Crippen LogP contribution in [0.3, 0.4) is 0 Å². The SMILES string of the molecule is CCOC(=O)CN=Cc1ccc(OC)c(OC)c1O. The Kier molecular flexibility index (Phi) is 5.66. The normalized spacial score (nSPS) is 10.5.